The number of aryl methyl sites for hydroxylation is 1. The van der Waals surface area contributed by atoms with Crippen LogP contribution in [0.2, 0.25) is 0 Å². The van der Waals surface area contributed by atoms with Crippen molar-refractivity contribution in [3.63, 3.8) is 0 Å². The molecule has 0 amide bonds. The first-order valence-electron chi connectivity index (χ1n) is 4.47. The number of hydrogen-bond acceptors (Lipinski definition) is 4. The molecule has 4 heteroatoms. The Hall–Kier alpha value is -1.84. The van der Waals surface area contributed by atoms with Crippen molar-refractivity contribution in [3.8, 4) is 11.6 Å². The lowest BCUT2D eigenvalue weighted by Gasteiger charge is -1.95. The largest absolute Gasteiger partial charge is 0.443 e. The highest BCUT2D eigenvalue weighted by molar-refractivity contribution is 5.50. The molecule has 2 aromatic heterocycles. The summed E-state index contributed by atoms with van der Waals surface area (Å²) >= 11 is 0. The maximum absolute atomic E-state index is 5.55. The zero-order valence-electron chi connectivity index (χ0n) is 7.90. The molecule has 0 spiro atoms. The summed E-state index contributed by atoms with van der Waals surface area (Å²) in [6, 6.07) is 5.38. The van der Waals surface area contributed by atoms with Crippen LogP contribution in [-0.2, 0) is 6.42 Å². The highest BCUT2D eigenvalue weighted by atomic mass is 16.3. The predicted octanol–water partition coefficient (Wildman–Crippen LogP) is 1.88. The quantitative estimate of drug-likeness (QED) is 0.783. The highest BCUT2D eigenvalue weighted by Crippen LogP contribution is 2.17. The first-order chi connectivity index (χ1) is 6.79. The summed E-state index contributed by atoms with van der Waals surface area (Å²) in [7, 11) is 0. The molecule has 0 aromatic carbocycles. The van der Waals surface area contributed by atoms with Gasteiger partial charge >= 0.3 is 0 Å². The van der Waals surface area contributed by atoms with Crippen molar-refractivity contribution in [3.05, 3.63) is 30.2 Å². The minimum absolute atomic E-state index is 0.471. The summed E-state index contributed by atoms with van der Waals surface area (Å²) < 4.78 is 5.27. The third-order valence-electron chi connectivity index (χ3n) is 1.90. The van der Waals surface area contributed by atoms with Crippen LogP contribution in [0.15, 0.2) is 28.9 Å². The van der Waals surface area contributed by atoms with Crippen molar-refractivity contribution in [2.24, 2.45) is 0 Å². The molecule has 0 aliphatic rings. The number of nitrogens with zero attached hydrogens (tertiary/aromatic N) is 2. The Morgan fingerprint density at radius 2 is 2.21 bits per heavy atom. The van der Waals surface area contributed by atoms with E-state index in [1.165, 1.54) is 0 Å². The van der Waals surface area contributed by atoms with Gasteiger partial charge in [-0.1, -0.05) is 13.0 Å². The molecule has 0 aliphatic carbocycles. The standard InChI is InChI=1S/C10H11N3O/c1-2-7-6-14-10(12-7)8-4-3-5-9(11)13-8/h3-6H,2H2,1H3,(H2,11,13). The van der Waals surface area contributed by atoms with Crippen molar-refractivity contribution in [2.75, 3.05) is 5.73 Å². The van der Waals surface area contributed by atoms with Crippen LogP contribution in [-0.4, -0.2) is 9.97 Å². The van der Waals surface area contributed by atoms with E-state index >= 15 is 0 Å². The van der Waals surface area contributed by atoms with Gasteiger partial charge in [0.25, 0.3) is 0 Å². The second-order valence-electron chi connectivity index (χ2n) is 2.95. The van der Waals surface area contributed by atoms with E-state index in [0.29, 0.717) is 17.4 Å². The molecular formula is C10H11N3O. The maximum atomic E-state index is 5.55. The van der Waals surface area contributed by atoms with Gasteiger partial charge in [-0.05, 0) is 18.6 Å². The summed E-state index contributed by atoms with van der Waals surface area (Å²) in [6.45, 7) is 2.02. The Morgan fingerprint density at radius 3 is 2.86 bits per heavy atom. The van der Waals surface area contributed by atoms with Crippen LogP contribution in [0.25, 0.3) is 11.6 Å². The molecule has 2 rings (SSSR count). The molecular weight excluding hydrogens is 178 g/mol. The molecule has 2 heterocycles. The third-order valence-corrected chi connectivity index (χ3v) is 1.90. The van der Waals surface area contributed by atoms with Gasteiger partial charge < -0.3 is 10.2 Å². The Kier molecular flexibility index (Phi) is 2.18. The summed E-state index contributed by atoms with van der Waals surface area (Å²) in [4.78, 5) is 8.37. The van der Waals surface area contributed by atoms with E-state index in [9.17, 15) is 0 Å². The fourth-order valence-electron chi connectivity index (χ4n) is 1.16. The zero-order chi connectivity index (χ0) is 9.97. The monoisotopic (exact) mass is 189 g/mol. The predicted molar refractivity (Wildman–Crippen MR) is 53.5 cm³/mol. The van der Waals surface area contributed by atoms with Crippen molar-refractivity contribution < 1.29 is 4.42 Å². The van der Waals surface area contributed by atoms with Gasteiger partial charge in [0.15, 0.2) is 0 Å². The van der Waals surface area contributed by atoms with Crippen LogP contribution in [0.4, 0.5) is 5.82 Å². The summed E-state index contributed by atoms with van der Waals surface area (Å²) in [6.07, 6.45) is 2.49. The molecule has 0 atom stereocenters. The van der Waals surface area contributed by atoms with E-state index in [0.717, 1.165) is 12.1 Å². The highest BCUT2D eigenvalue weighted by Gasteiger charge is 2.06. The molecule has 0 aliphatic heterocycles. The summed E-state index contributed by atoms with van der Waals surface area (Å²) in [5, 5.41) is 0. The van der Waals surface area contributed by atoms with E-state index in [2.05, 4.69) is 9.97 Å². The second kappa shape index (κ2) is 3.49. The van der Waals surface area contributed by atoms with Gasteiger partial charge in [0, 0.05) is 0 Å². The van der Waals surface area contributed by atoms with Gasteiger partial charge in [0.05, 0.1) is 5.69 Å². The first kappa shape index (κ1) is 8.74. The molecule has 14 heavy (non-hydrogen) atoms. The van der Waals surface area contributed by atoms with Crippen LogP contribution in [0.1, 0.15) is 12.6 Å². The summed E-state index contributed by atoms with van der Waals surface area (Å²) in [5.41, 5.74) is 7.15. The molecule has 0 saturated carbocycles. The number of pyridine rings is 1. The van der Waals surface area contributed by atoms with Crippen LogP contribution in [0.3, 0.4) is 0 Å². The fourth-order valence-corrected chi connectivity index (χ4v) is 1.16. The molecule has 0 unspecified atom stereocenters. The number of anilines is 1. The molecule has 0 bridgehead atoms. The lowest BCUT2D eigenvalue weighted by atomic mass is 10.3. The van der Waals surface area contributed by atoms with E-state index in [1.54, 1.807) is 12.3 Å². The van der Waals surface area contributed by atoms with Crippen molar-refractivity contribution in [2.45, 2.75) is 13.3 Å². The Morgan fingerprint density at radius 1 is 1.36 bits per heavy atom. The molecule has 4 nitrogen and oxygen atoms in total. The molecule has 72 valence electrons. The molecule has 0 fully saturated rings. The number of rotatable bonds is 2. The lowest BCUT2D eigenvalue weighted by Crippen LogP contribution is -1.91. The lowest BCUT2D eigenvalue weighted by molar-refractivity contribution is 0.570. The van der Waals surface area contributed by atoms with Crippen LogP contribution in [0.5, 0.6) is 0 Å². The van der Waals surface area contributed by atoms with Crippen molar-refractivity contribution in [1.82, 2.24) is 9.97 Å². The Bertz CT molecular complexity index is 436. The number of aromatic nitrogens is 2. The average molecular weight is 189 g/mol. The Balaban J connectivity index is 2.39. The molecule has 2 N–H and O–H groups in total. The van der Waals surface area contributed by atoms with Gasteiger partial charge in [-0.3, -0.25) is 0 Å². The van der Waals surface area contributed by atoms with Crippen molar-refractivity contribution >= 4 is 5.82 Å². The topological polar surface area (TPSA) is 64.9 Å². The van der Waals surface area contributed by atoms with Gasteiger partial charge in [-0.2, -0.15) is 0 Å². The molecule has 0 radical (unpaired) electrons. The van der Waals surface area contributed by atoms with Gasteiger partial charge in [0.1, 0.15) is 17.8 Å². The van der Waals surface area contributed by atoms with Gasteiger partial charge in [-0.15, -0.1) is 0 Å². The van der Waals surface area contributed by atoms with Crippen LogP contribution >= 0.6 is 0 Å². The zero-order valence-corrected chi connectivity index (χ0v) is 7.90. The van der Waals surface area contributed by atoms with Crippen LogP contribution in [0, 0.1) is 0 Å². The average Bonchev–Trinajstić information content (AvgIpc) is 2.66. The minimum atomic E-state index is 0.471. The molecule has 0 saturated heterocycles. The minimum Gasteiger partial charge on any atom is -0.443 e. The number of oxazole rings is 1. The van der Waals surface area contributed by atoms with E-state index in [-0.39, 0.29) is 0 Å². The number of nitrogen functional groups attached to an aromatic ring is 1. The fraction of sp³-hybridized carbons (Fsp3) is 0.200. The van der Waals surface area contributed by atoms with E-state index in [4.69, 9.17) is 10.2 Å². The first-order valence-corrected chi connectivity index (χ1v) is 4.47. The maximum Gasteiger partial charge on any atom is 0.245 e. The summed E-state index contributed by atoms with van der Waals surface area (Å²) in [5.74, 6) is 0.993. The van der Waals surface area contributed by atoms with E-state index in [1.807, 2.05) is 19.1 Å². The smallest absolute Gasteiger partial charge is 0.245 e. The Labute approximate surface area is 81.8 Å². The number of hydrogen-bond donors (Lipinski definition) is 1. The van der Waals surface area contributed by atoms with Gasteiger partial charge in [-0.25, -0.2) is 9.97 Å². The van der Waals surface area contributed by atoms with Gasteiger partial charge in [0.2, 0.25) is 5.89 Å². The normalized spacial score (nSPS) is 10.4. The van der Waals surface area contributed by atoms with Crippen LogP contribution < -0.4 is 5.73 Å². The molecule has 2 aromatic rings. The van der Waals surface area contributed by atoms with Crippen molar-refractivity contribution in [1.29, 1.82) is 0 Å². The SMILES string of the molecule is CCc1coc(-c2cccc(N)n2)n1. The third kappa shape index (κ3) is 1.59. The van der Waals surface area contributed by atoms with E-state index < -0.39 is 0 Å². The number of nitrogens with two attached hydrogens (primary N) is 1. The second-order valence-corrected chi connectivity index (χ2v) is 2.95.